The molecule has 1 aromatic carbocycles. The predicted molar refractivity (Wildman–Crippen MR) is 91.8 cm³/mol. The summed E-state index contributed by atoms with van der Waals surface area (Å²) in [6.07, 6.45) is 1.73. The molecule has 128 valence electrons. The van der Waals surface area contributed by atoms with E-state index in [2.05, 4.69) is 32.2 Å². The first-order valence-electron chi connectivity index (χ1n) is 8.27. The summed E-state index contributed by atoms with van der Waals surface area (Å²) in [5, 5.41) is 2.87. The fourth-order valence-electron chi connectivity index (χ4n) is 2.88. The molecule has 5 heteroatoms. The van der Waals surface area contributed by atoms with Crippen molar-refractivity contribution in [2.75, 3.05) is 32.6 Å². The molecule has 1 saturated heterocycles. The molecule has 0 unspecified atom stereocenters. The number of nitrogens with one attached hydrogen (secondary N) is 1. The third kappa shape index (κ3) is 4.03. The lowest BCUT2D eigenvalue weighted by Crippen LogP contribution is -2.42. The van der Waals surface area contributed by atoms with Crippen molar-refractivity contribution in [2.45, 2.75) is 45.3 Å². The van der Waals surface area contributed by atoms with Crippen molar-refractivity contribution < 1.29 is 14.3 Å². The zero-order valence-electron chi connectivity index (χ0n) is 14.8. The lowest BCUT2D eigenvalue weighted by molar-refractivity contribution is -0.275. The van der Waals surface area contributed by atoms with Crippen LogP contribution in [-0.2, 0) is 9.47 Å². The molecule has 23 heavy (non-hydrogen) atoms. The number of urea groups is 1. The Morgan fingerprint density at radius 2 is 1.87 bits per heavy atom. The Morgan fingerprint density at radius 1 is 1.26 bits per heavy atom. The van der Waals surface area contributed by atoms with Gasteiger partial charge in [0.25, 0.3) is 0 Å². The molecule has 2 amide bonds. The molecular weight excluding hydrogens is 292 g/mol. The number of nitrogens with zero attached hydrogens (tertiary/aromatic N) is 1. The van der Waals surface area contributed by atoms with Gasteiger partial charge in [-0.1, -0.05) is 19.9 Å². The predicted octanol–water partition coefficient (Wildman–Crippen LogP) is 3.74. The van der Waals surface area contributed by atoms with Crippen LogP contribution in [0.1, 0.15) is 43.7 Å². The summed E-state index contributed by atoms with van der Waals surface area (Å²) in [5.74, 6) is -0.177. The largest absolute Gasteiger partial charge is 0.349 e. The van der Waals surface area contributed by atoms with Crippen molar-refractivity contribution in [1.29, 1.82) is 0 Å². The van der Waals surface area contributed by atoms with Crippen LogP contribution in [0.2, 0.25) is 0 Å². The van der Waals surface area contributed by atoms with Crippen molar-refractivity contribution in [2.24, 2.45) is 0 Å². The number of hydrogen-bond acceptors (Lipinski definition) is 3. The SMILES string of the molecule is CCC1(CC)OCC(c2ccc(NC(=O)N(C)C)cc2C)CO1. The van der Waals surface area contributed by atoms with Crippen LogP contribution in [0.5, 0.6) is 0 Å². The summed E-state index contributed by atoms with van der Waals surface area (Å²) < 4.78 is 12.0. The van der Waals surface area contributed by atoms with Gasteiger partial charge >= 0.3 is 6.03 Å². The number of aryl methyl sites for hydroxylation is 1. The second-order valence-electron chi connectivity index (χ2n) is 6.33. The number of ether oxygens (including phenoxy) is 2. The van der Waals surface area contributed by atoms with E-state index in [0.29, 0.717) is 13.2 Å². The number of carbonyl (C=O) groups excluding carboxylic acids is 1. The molecule has 0 saturated carbocycles. The van der Waals surface area contributed by atoms with Crippen LogP contribution in [0.15, 0.2) is 18.2 Å². The molecule has 1 aliphatic heterocycles. The van der Waals surface area contributed by atoms with E-state index in [-0.39, 0.29) is 11.9 Å². The maximum Gasteiger partial charge on any atom is 0.321 e. The monoisotopic (exact) mass is 320 g/mol. The molecule has 0 atom stereocenters. The second kappa shape index (κ2) is 7.32. The maximum atomic E-state index is 11.7. The highest BCUT2D eigenvalue weighted by molar-refractivity contribution is 5.89. The molecule has 0 aromatic heterocycles. The minimum atomic E-state index is -0.413. The Morgan fingerprint density at radius 3 is 2.35 bits per heavy atom. The molecule has 0 spiro atoms. The average Bonchev–Trinajstić information content (AvgIpc) is 2.55. The number of benzene rings is 1. The summed E-state index contributed by atoms with van der Waals surface area (Å²) in [6.45, 7) is 7.59. The molecule has 1 aromatic rings. The molecule has 1 fully saturated rings. The van der Waals surface area contributed by atoms with Crippen molar-refractivity contribution in [1.82, 2.24) is 4.90 Å². The Kier molecular flexibility index (Phi) is 5.65. The standard InChI is InChI=1S/C18H28N2O3/c1-6-18(7-2)22-11-14(12-23-18)16-9-8-15(10-13(16)3)19-17(21)20(4)5/h8-10,14H,6-7,11-12H2,1-5H3,(H,19,21). The zero-order chi connectivity index (χ0) is 17.0. The van der Waals surface area contributed by atoms with E-state index in [4.69, 9.17) is 9.47 Å². The van der Waals surface area contributed by atoms with Gasteiger partial charge < -0.3 is 19.7 Å². The third-order valence-corrected chi connectivity index (χ3v) is 4.54. The van der Waals surface area contributed by atoms with Crippen molar-refractivity contribution in [3.05, 3.63) is 29.3 Å². The highest BCUT2D eigenvalue weighted by atomic mass is 16.7. The van der Waals surface area contributed by atoms with Crippen molar-refractivity contribution >= 4 is 11.7 Å². The number of carbonyl (C=O) groups is 1. The Hall–Kier alpha value is -1.59. The highest BCUT2D eigenvalue weighted by Gasteiger charge is 2.35. The number of amides is 2. The summed E-state index contributed by atoms with van der Waals surface area (Å²) in [5.41, 5.74) is 3.16. The van der Waals surface area contributed by atoms with Crippen LogP contribution in [0.25, 0.3) is 0 Å². The van der Waals surface area contributed by atoms with E-state index >= 15 is 0 Å². The van der Waals surface area contributed by atoms with Gasteiger partial charge in [0.05, 0.1) is 13.2 Å². The average molecular weight is 320 g/mol. The van der Waals surface area contributed by atoms with Gasteiger partial charge in [-0.2, -0.15) is 0 Å². The molecule has 0 aliphatic carbocycles. The highest BCUT2D eigenvalue weighted by Crippen LogP contribution is 2.33. The summed E-state index contributed by atoms with van der Waals surface area (Å²) in [4.78, 5) is 13.2. The lowest BCUT2D eigenvalue weighted by atomic mass is 9.94. The van der Waals surface area contributed by atoms with Crippen LogP contribution >= 0.6 is 0 Å². The molecule has 1 N–H and O–H groups in total. The Balaban J connectivity index is 2.06. The smallest absolute Gasteiger partial charge is 0.321 e. The van der Waals surface area contributed by atoms with Gasteiger partial charge in [0.15, 0.2) is 5.79 Å². The van der Waals surface area contributed by atoms with Gasteiger partial charge in [-0.05, 0) is 43.0 Å². The van der Waals surface area contributed by atoms with Gasteiger partial charge in [0, 0.05) is 25.7 Å². The van der Waals surface area contributed by atoms with Crippen molar-refractivity contribution in [3.8, 4) is 0 Å². The lowest BCUT2D eigenvalue weighted by Gasteiger charge is -2.39. The summed E-state index contributed by atoms with van der Waals surface area (Å²) in [7, 11) is 3.45. The van der Waals surface area contributed by atoms with Gasteiger partial charge in [-0.25, -0.2) is 4.79 Å². The first kappa shape index (κ1) is 17.8. The van der Waals surface area contributed by atoms with E-state index in [1.165, 1.54) is 10.5 Å². The van der Waals surface area contributed by atoms with Gasteiger partial charge in [0.2, 0.25) is 0 Å². The zero-order valence-corrected chi connectivity index (χ0v) is 14.8. The normalized spacial score (nSPS) is 17.8. The van der Waals surface area contributed by atoms with Gasteiger partial charge in [0.1, 0.15) is 0 Å². The van der Waals surface area contributed by atoms with E-state index in [9.17, 15) is 4.79 Å². The number of hydrogen-bond donors (Lipinski definition) is 1. The van der Waals surface area contributed by atoms with Crippen LogP contribution < -0.4 is 5.32 Å². The Labute approximate surface area is 139 Å². The maximum absolute atomic E-state index is 11.7. The van der Waals surface area contributed by atoms with Crippen LogP contribution in [-0.4, -0.2) is 44.0 Å². The van der Waals surface area contributed by atoms with E-state index < -0.39 is 5.79 Å². The Bertz CT molecular complexity index is 543. The topological polar surface area (TPSA) is 50.8 Å². The fraction of sp³-hybridized carbons (Fsp3) is 0.611. The van der Waals surface area contributed by atoms with Crippen LogP contribution in [0.4, 0.5) is 10.5 Å². The minimum Gasteiger partial charge on any atom is -0.349 e. The molecule has 1 aliphatic rings. The van der Waals surface area contributed by atoms with E-state index in [0.717, 1.165) is 24.1 Å². The van der Waals surface area contributed by atoms with E-state index in [1.807, 2.05) is 12.1 Å². The molecule has 2 rings (SSSR count). The molecule has 1 heterocycles. The quantitative estimate of drug-likeness (QED) is 0.919. The first-order valence-corrected chi connectivity index (χ1v) is 8.27. The second-order valence-corrected chi connectivity index (χ2v) is 6.33. The fourth-order valence-corrected chi connectivity index (χ4v) is 2.88. The number of rotatable bonds is 4. The van der Waals surface area contributed by atoms with Gasteiger partial charge in [-0.3, -0.25) is 0 Å². The van der Waals surface area contributed by atoms with Crippen LogP contribution in [0, 0.1) is 6.92 Å². The first-order chi connectivity index (χ1) is 10.9. The van der Waals surface area contributed by atoms with Gasteiger partial charge in [-0.15, -0.1) is 0 Å². The molecule has 0 radical (unpaired) electrons. The van der Waals surface area contributed by atoms with Crippen LogP contribution in [0.3, 0.4) is 0 Å². The summed E-state index contributed by atoms with van der Waals surface area (Å²) >= 11 is 0. The summed E-state index contributed by atoms with van der Waals surface area (Å²) in [6, 6.07) is 5.86. The van der Waals surface area contributed by atoms with Crippen molar-refractivity contribution in [3.63, 3.8) is 0 Å². The third-order valence-electron chi connectivity index (χ3n) is 4.54. The van der Waals surface area contributed by atoms with E-state index in [1.54, 1.807) is 14.1 Å². The molecule has 0 bridgehead atoms. The minimum absolute atomic E-state index is 0.128. The molecule has 5 nitrogen and oxygen atoms in total. The number of anilines is 1. The molecular formula is C18H28N2O3.